The summed E-state index contributed by atoms with van der Waals surface area (Å²) in [6, 6.07) is 7.10. The summed E-state index contributed by atoms with van der Waals surface area (Å²) in [5.74, 6) is -1.01. The maximum absolute atomic E-state index is 12.6. The molecule has 1 saturated heterocycles. The van der Waals surface area contributed by atoms with Gasteiger partial charge < -0.3 is 14.2 Å². The molecule has 2 aromatic rings. The van der Waals surface area contributed by atoms with Gasteiger partial charge in [-0.3, -0.25) is 0 Å². The fourth-order valence-electron chi connectivity index (χ4n) is 3.23. The van der Waals surface area contributed by atoms with Crippen LogP contribution < -0.4 is 0 Å². The molecule has 0 N–H and O–H groups in total. The Bertz CT molecular complexity index is 833. The number of hydrogen-bond donors (Lipinski definition) is 0. The third-order valence-electron chi connectivity index (χ3n) is 4.67. The van der Waals surface area contributed by atoms with Crippen LogP contribution in [0.2, 0.25) is 0 Å². The van der Waals surface area contributed by atoms with Crippen LogP contribution in [0.3, 0.4) is 0 Å². The summed E-state index contributed by atoms with van der Waals surface area (Å²) in [4.78, 5) is 17.3. The molecule has 158 valence electrons. The van der Waals surface area contributed by atoms with E-state index in [0.29, 0.717) is 24.6 Å². The third kappa shape index (κ3) is 5.71. The smallest absolute Gasteiger partial charge is 0.444 e. The Hall–Kier alpha value is -2.58. The van der Waals surface area contributed by atoms with Crippen molar-refractivity contribution in [2.24, 2.45) is 5.92 Å². The van der Waals surface area contributed by atoms with E-state index in [1.165, 1.54) is 0 Å². The molecule has 29 heavy (non-hydrogen) atoms. The van der Waals surface area contributed by atoms with Crippen molar-refractivity contribution in [3.8, 4) is 11.4 Å². The van der Waals surface area contributed by atoms with Gasteiger partial charge in [0.05, 0.1) is 0 Å². The van der Waals surface area contributed by atoms with E-state index in [1.807, 2.05) is 32.9 Å². The van der Waals surface area contributed by atoms with Crippen LogP contribution in [0.25, 0.3) is 11.4 Å². The first-order valence-corrected chi connectivity index (χ1v) is 9.49. The van der Waals surface area contributed by atoms with Crippen molar-refractivity contribution in [1.82, 2.24) is 15.0 Å². The van der Waals surface area contributed by atoms with Gasteiger partial charge in [-0.2, -0.15) is 18.2 Å². The van der Waals surface area contributed by atoms with E-state index in [2.05, 4.69) is 14.7 Å². The number of rotatable bonds is 3. The molecule has 0 saturated carbocycles. The normalized spacial score (nSPS) is 16.1. The molecule has 6 nitrogen and oxygen atoms in total. The third-order valence-corrected chi connectivity index (χ3v) is 4.67. The van der Waals surface area contributed by atoms with Crippen LogP contribution in [-0.4, -0.2) is 39.8 Å². The molecule has 1 aromatic carbocycles. The lowest BCUT2D eigenvalue weighted by Gasteiger charge is -2.33. The van der Waals surface area contributed by atoms with E-state index >= 15 is 0 Å². The molecule has 1 aromatic heterocycles. The average molecular weight is 411 g/mol. The van der Waals surface area contributed by atoms with Crippen molar-refractivity contribution in [1.29, 1.82) is 0 Å². The minimum Gasteiger partial charge on any atom is -0.444 e. The van der Waals surface area contributed by atoms with E-state index in [-0.39, 0.29) is 11.9 Å². The number of nitrogens with zero attached hydrogens (tertiary/aromatic N) is 3. The van der Waals surface area contributed by atoms with E-state index in [9.17, 15) is 18.0 Å². The molecule has 9 heteroatoms. The van der Waals surface area contributed by atoms with Crippen LogP contribution in [0.1, 0.15) is 45.1 Å². The van der Waals surface area contributed by atoms with Gasteiger partial charge in [-0.1, -0.05) is 29.4 Å². The van der Waals surface area contributed by atoms with Crippen molar-refractivity contribution < 1.29 is 27.2 Å². The Labute approximate surface area is 167 Å². The number of amides is 1. The van der Waals surface area contributed by atoms with Gasteiger partial charge >= 0.3 is 18.2 Å². The molecule has 0 atom stereocenters. The molecule has 1 aliphatic rings. The van der Waals surface area contributed by atoms with Crippen molar-refractivity contribution in [3.05, 3.63) is 35.7 Å². The van der Waals surface area contributed by atoms with E-state index in [0.717, 1.165) is 24.8 Å². The predicted molar refractivity (Wildman–Crippen MR) is 99.0 cm³/mol. The summed E-state index contributed by atoms with van der Waals surface area (Å²) in [6.45, 7) is 6.85. The Morgan fingerprint density at radius 2 is 1.79 bits per heavy atom. The minimum atomic E-state index is -4.65. The van der Waals surface area contributed by atoms with Crippen LogP contribution in [0.4, 0.5) is 18.0 Å². The maximum Gasteiger partial charge on any atom is 0.471 e. The van der Waals surface area contributed by atoms with E-state index in [1.54, 1.807) is 17.0 Å². The van der Waals surface area contributed by atoms with Crippen molar-refractivity contribution >= 4 is 6.09 Å². The summed E-state index contributed by atoms with van der Waals surface area (Å²) in [5, 5.41) is 3.39. The number of aromatic nitrogens is 2. The number of alkyl halides is 3. The molecule has 1 aliphatic heterocycles. The molecular weight excluding hydrogens is 387 g/mol. The topological polar surface area (TPSA) is 68.5 Å². The highest BCUT2D eigenvalue weighted by molar-refractivity contribution is 5.68. The summed E-state index contributed by atoms with van der Waals surface area (Å²) < 4.78 is 47.4. The van der Waals surface area contributed by atoms with Crippen LogP contribution in [0.15, 0.2) is 28.8 Å². The van der Waals surface area contributed by atoms with Gasteiger partial charge in [0.25, 0.3) is 0 Å². The van der Waals surface area contributed by atoms with Gasteiger partial charge in [-0.15, -0.1) is 0 Å². The second kappa shape index (κ2) is 8.04. The zero-order valence-corrected chi connectivity index (χ0v) is 16.6. The van der Waals surface area contributed by atoms with Gasteiger partial charge in [0.15, 0.2) is 0 Å². The highest BCUT2D eigenvalue weighted by Crippen LogP contribution is 2.30. The number of halogens is 3. The maximum atomic E-state index is 12.6. The van der Waals surface area contributed by atoms with Gasteiger partial charge in [0, 0.05) is 18.7 Å². The SMILES string of the molecule is CC(C)(C)OC(=O)N1CCC(Cc2ccc(-c3noc(C(F)(F)F)n3)cc2)CC1. The highest BCUT2D eigenvalue weighted by Gasteiger charge is 2.38. The average Bonchev–Trinajstić information content (AvgIpc) is 3.12. The van der Waals surface area contributed by atoms with Crippen LogP contribution in [0, 0.1) is 5.92 Å². The molecular formula is C20H24F3N3O3. The zero-order chi connectivity index (χ0) is 21.2. The molecule has 1 fully saturated rings. The van der Waals surface area contributed by atoms with E-state index in [4.69, 9.17) is 4.74 Å². The van der Waals surface area contributed by atoms with Gasteiger partial charge in [0.2, 0.25) is 5.82 Å². The second-order valence-electron chi connectivity index (χ2n) is 8.23. The summed E-state index contributed by atoms with van der Waals surface area (Å²) in [6.07, 6.45) is -2.35. The predicted octanol–water partition coefficient (Wildman–Crippen LogP) is 4.95. The number of hydrogen-bond acceptors (Lipinski definition) is 5. The zero-order valence-electron chi connectivity index (χ0n) is 16.6. The molecule has 0 bridgehead atoms. The summed E-state index contributed by atoms with van der Waals surface area (Å²) in [5.41, 5.74) is 1.03. The van der Waals surface area contributed by atoms with Crippen LogP contribution in [0.5, 0.6) is 0 Å². The summed E-state index contributed by atoms with van der Waals surface area (Å²) >= 11 is 0. The Kier molecular flexibility index (Phi) is 5.86. The highest BCUT2D eigenvalue weighted by atomic mass is 19.4. The standard InChI is InChI=1S/C20H24F3N3O3/c1-19(2,3)28-18(27)26-10-8-14(9-11-26)12-13-4-6-15(7-5-13)16-24-17(29-25-16)20(21,22)23/h4-7,14H,8-12H2,1-3H3. The van der Waals surface area contributed by atoms with Crippen LogP contribution in [-0.2, 0) is 17.3 Å². The van der Waals surface area contributed by atoms with Crippen molar-refractivity contribution in [3.63, 3.8) is 0 Å². The molecule has 0 radical (unpaired) electrons. The quantitative estimate of drug-likeness (QED) is 0.715. The van der Waals surface area contributed by atoms with E-state index < -0.39 is 17.7 Å². The lowest BCUT2D eigenvalue weighted by molar-refractivity contribution is -0.159. The Morgan fingerprint density at radius 1 is 1.17 bits per heavy atom. The first-order chi connectivity index (χ1) is 13.5. The number of piperidine rings is 1. The number of benzene rings is 1. The lowest BCUT2D eigenvalue weighted by atomic mass is 9.90. The fraction of sp³-hybridized carbons (Fsp3) is 0.550. The number of carbonyl (C=O) groups is 1. The first kappa shape index (κ1) is 21.1. The lowest BCUT2D eigenvalue weighted by Crippen LogP contribution is -2.42. The molecule has 0 aliphatic carbocycles. The second-order valence-corrected chi connectivity index (χ2v) is 8.23. The molecule has 0 spiro atoms. The summed E-state index contributed by atoms with van der Waals surface area (Å²) in [7, 11) is 0. The number of carbonyl (C=O) groups excluding carboxylic acids is 1. The Balaban J connectivity index is 1.53. The number of ether oxygens (including phenoxy) is 1. The Morgan fingerprint density at radius 3 is 2.31 bits per heavy atom. The van der Waals surface area contributed by atoms with Crippen molar-refractivity contribution in [2.45, 2.75) is 51.8 Å². The largest absolute Gasteiger partial charge is 0.471 e. The molecule has 3 rings (SSSR count). The van der Waals surface area contributed by atoms with Gasteiger partial charge in [-0.05, 0) is 51.5 Å². The molecule has 1 amide bonds. The van der Waals surface area contributed by atoms with Gasteiger partial charge in [0.1, 0.15) is 5.60 Å². The fourth-order valence-corrected chi connectivity index (χ4v) is 3.23. The first-order valence-electron chi connectivity index (χ1n) is 9.49. The molecule has 2 heterocycles. The number of likely N-dealkylation sites (tertiary alicyclic amines) is 1. The van der Waals surface area contributed by atoms with Crippen molar-refractivity contribution in [2.75, 3.05) is 13.1 Å². The van der Waals surface area contributed by atoms with Gasteiger partial charge in [-0.25, -0.2) is 4.79 Å². The minimum absolute atomic E-state index is 0.0884. The monoisotopic (exact) mass is 411 g/mol. The van der Waals surface area contributed by atoms with Crippen LogP contribution >= 0.6 is 0 Å². The molecule has 0 unspecified atom stereocenters.